The summed E-state index contributed by atoms with van der Waals surface area (Å²) >= 11 is 0. The highest BCUT2D eigenvalue weighted by atomic mass is 32.2. The minimum absolute atomic E-state index is 0.186. The maximum Gasteiger partial charge on any atom is 0.240 e. The number of rotatable bonds is 7. The van der Waals surface area contributed by atoms with Crippen LogP contribution in [0.15, 0.2) is 29.2 Å². The molecule has 104 valence electrons. The zero-order valence-electron chi connectivity index (χ0n) is 11.3. The fourth-order valence-corrected chi connectivity index (χ4v) is 2.69. The summed E-state index contributed by atoms with van der Waals surface area (Å²) in [6.45, 7) is 6.94. The van der Waals surface area contributed by atoms with Crippen molar-refractivity contribution < 1.29 is 8.42 Å². The lowest BCUT2D eigenvalue weighted by Gasteiger charge is -2.17. The average Bonchev–Trinajstić information content (AvgIpc) is 2.43. The number of nitrogens with zero attached hydrogens (tertiary/aromatic N) is 2. The summed E-state index contributed by atoms with van der Waals surface area (Å²) in [4.78, 5) is 2.33. The van der Waals surface area contributed by atoms with Crippen LogP contribution in [0.5, 0.6) is 0 Å². The summed E-state index contributed by atoms with van der Waals surface area (Å²) in [7, 11) is -3.48. The summed E-state index contributed by atoms with van der Waals surface area (Å²) in [5, 5.41) is 8.67. The van der Waals surface area contributed by atoms with Crippen molar-refractivity contribution in [3.63, 3.8) is 0 Å². The minimum Gasteiger partial charge on any atom is -0.303 e. The van der Waals surface area contributed by atoms with E-state index in [4.69, 9.17) is 5.26 Å². The SMILES string of the molecule is CCN(CC)CCNS(=O)(=O)c1ccc(C#N)cc1. The predicted octanol–water partition coefficient (Wildman–Crippen LogP) is 1.18. The molecule has 0 aliphatic rings. The summed E-state index contributed by atoms with van der Waals surface area (Å²) in [5.41, 5.74) is 0.446. The van der Waals surface area contributed by atoms with Crippen LogP contribution < -0.4 is 4.72 Å². The molecule has 0 saturated carbocycles. The molecule has 1 N–H and O–H groups in total. The molecule has 0 fully saturated rings. The smallest absolute Gasteiger partial charge is 0.240 e. The number of nitriles is 1. The molecule has 0 bridgehead atoms. The second-order valence-electron chi connectivity index (χ2n) is 4.06. The fraction of sp³-hybridized carbons (Fsp3) is 0.462. The fourth-order valence-electron chi connectivity index (χ4n) is 1.67. The second kappa shape index (κ2) is 7.24. The largest absolute Gasteiger partial charge is 0.303 e. The average molecular weight is 281 g/mol. The van der Waals surface area contributed by atoms with E-state index in [0.717, 1.165) is 13.1 Å². The summed E-state index contributed by atoms with van der Waals surface area (Å²) in [5.74, 6) is 0. The van der Waals surface area contributed by atoms with Gasteiger partial charge in [0.15, 0.2) is 0 Å². The van der Waals surface area contributed by atoms with Crippen LogP contribution >= 0.6 is 0 Å². The van der Waals surface area contributed by atoms with Gasteiger partial charge in [-0.2, -0.15) is 5.26 Å². The van der Waals surface area contributed by atoms with Crippen LogP contribution in [0.1, 0.15) is 19.4 Å². The van der Waals surface area contributed by atoms with Gasteiger partial charge in [0.05, 0.1) is 16.5 Å². The molecule has 0 unspecified atom stereocenters. The van der Waals surface area contributed by atoms with Crippen LogP contribution in [0, 0.1) is 11.3 Å². The molecule has 0 heterocycles. The molecule has 0 aliphatic carbocycles. The molecule has 0 aromatic heterocycles. The molecule has 6 heteroatoms. The lowest BCUT2D eigenvalue weighted by molar-refractivity contribution is 0.309. The standard InChI is InChI=1S/C13H19N3O2S/c1-3-16(4-2)10-9-15-19(17,18)13-7-5-12(11-14)6-8-13/h5-8,15H,3-4,9-10H2,1-2H3. The van der Waals surface area contributed by atoms with E-state index in [2.05, 4.69) is 9.62 Å². The Morgan fingerprint density at radius 1 is 1.21 bits per heavy atom. The number of sulfonamides is 1. The lowest BCUT2D eigenvalue weighted by atomic mass is 10.2. The highest BCUT2D eigenvalue weighted by Crippen LogP contribution is 2.09. The normalized spacial score (nSPS) is 11.5. The van der Waals surface area contributed by atoms with Gasteiger partial charge in [-0.25, -0.2) is 13.1 Å². The Morgan fingerprint density at radius 3 is 2.26 bits per heavy atom. The predicted molar refractivity (Wildman–Crippen MR) is 74.1 cm³/mol. The van der Waals surface area contributed by atoms with Crippen molar-refractivity contribution in [3.8, 4) is 6.07 Å². The van der Waals surface area contributed by atoms with E-state index in [9.17, 15) is 8.42 Å². The molecule has 5 nitrogen and oxygen atoms in total. The van der Waals surface area contributed by atoms with Gasteiger partial charge in [-0.05, 0) is 37.4 Å². The molecule has 1 aromatic carbocycles. The van der Waals surface area contributed by atoms with Crippen molar-refractivity contribution in [3.05, 3.63) is 29.8 Å². The van der Waals surface area contributed by atoms with Gasteiger partial charge in [-0.1, -0.05) is 13.8 Å². The number of likely N-dealkylation sites (N-methyl/N-ethyl adjacent to an activating group) is 1. The molecular weight excluding hydrogens is 262 g/mol. The van der Waals surface area contributed by atoms with Gasteiger partial charge >= 0.3 is 0 Å². The maximum atomic E-state index is 12.0. The van der Waals surface area contributed by atoms with Gasteiger partial charge in [0.1, 0.15) is 0 Å². The zero-order valence-corrected chi connectivity index (χ0v) is 12.1. The molecule has 0 amide bonds. The van der Waals surface area contributed by atoms with Crippen LogP contribution in [0.2, 0.25) is 0 Å². The van der Waals surface area contributed by atoms with Gasteiger partial charge in [-0.3, -0.25) is 0 Å². The first-order valence-electron chi connectivity index (χ1n) is 6.25. The first kappa shape index (κ1) is 15.6. The van der Waals surface area contributed by atoms with Crippen molar-refractivity contribution in [1.82, 2.24) is 9.62 Å². The highest BCUT2D eigenvalue weighted by Gasteiger charge is 2.13. The molecule has 0 radical (unpaired) electrons. The van der Waals surface area contributed by atoms with E-state index < -0.39 is 10.0 Å². The number of hydrogen-bond donors (Lipinski definition) is 1. The van der Waals surface area contributed by atoms with Gasteiger partial charge in [0, 0.05) is 13.1 Å². The first-order chi connectivity index (χ1) is 9.03. The van der Waals surface area contributed by atoms with Crippen molar-refractivity contribution >= 4 is 10.0 Å². The highest BCUT2D eigenvalue weighted by molar-refractivity contribution is 7.89. The molecule has 1 rings (SSSR count). The van der Waals surface area contributed by atoms with Crippen LogP contribution in [-0.4, -0.2) is 39.5 Å². The third kappa shape index (κ3) is 4.63. The Hall–Kier alpha value is -1.42. The van der Waals surface area contributed by atoms with Gasteiger partial charge < -0.3 is 4.90 Å². The van der Waals surface area contributed by atoms with Crippen LogP contribution in [0.4, 0.5) is 0 Å². The summed E-state index contributed by atoms with van der Waals surface area (Å²) in [6, 6.07) is 7.84. The zero-order chi connectivity index (χ0) is 14.3. The number of nitrogens with one attached hydrogen (secondary N) is 1. The van der Waals surface area contributed by atoms with E-state index in [1.54, 1.807) is 0 Å². The van der Waals surface area contributed by atoms with Crippen molar-refractivity contribution in [1.29, 1.82) is 5.26 Å². The Labute approximate surface area is 114 Å². The quantitative estimate of drug-likeness (QED) is 0.814. The van der Waals surface area contributed by atoms with Crippen molar-refractivity contribution in [2.24, 2.45) is 0 Å². The number of benzene rings is 1. The van der Waals surface area contributed by atoms with Gasteiger partial charge in [-0.15, -0.1) is 0 Å². The Morgan fingerprint density at radius 2 is 1.79 bits per heavy atom. The molecule has 0 atom stereocenters. The van der Waals surface area contributed by atoms with E-state index in [1.807, 2.05) is 19.9 Å². The topological polar surface area (TPSA) is 73.2 Å². The van der Waals surface area contributed by atoms with Crippen LogP contribution in [0.25, 0.3) is 0 Å². The van der Waals surface area contributed by atoms with Crippen molar-refractivity contribution in [2.75, 3.05) is 26.2 Å². The molecule has 0 saturated heterocycles. The second-order valence-corrected chi connectivity index (χ2v) is 5.83. The Balaban J connectivity index is 2.63. The Bertz CT molecular complexity index is 528. The van der Waals surface area contributed by atoms with E-state index in [-0.39, 0.29) is 4.90 Å². The summed E-state index contributed by atoms with van der Waals surface area (Å²) < 4.78 is 26.5. The van der Waals surface area contributed by atoms with Crippen LogP contribution in [-0.2, 0) is 10.0 Å². The third-order valence-corrected chi connectivity index (χ3v) is 4.39. The van der Waals surface area contributed by atoms with E-state index in [0.29, 0.717) is 18.7 Å². The first-order valence-corrected chi connectivity index (χ1v) is 7.74. The van der Waals surface area contributed by atoms with E-state index >= 15 is 0 Å². The third-order valence-electron chi connectivity index (χ3n) is 2.91. The molecule has 1 aromatic rings. The maximum absolute atomic E-state index is 12.0. The van der Waals surface area contributed by atoms with Crippen molar-refractivity contribution in [2.45, 2.75) is 18.7 Å². The monoisotopic (exact) mass is 281 g/mol. The molecule has 0 aliphatic heterocycles. The molecule has 0 spiro atoms. The lowest BCUT2D eigenvalue weighted by Crippen LogP contribution is -2.34. The number of hydrogen-bond acceptors (Lipinski definition) is 4. The minimum atomic E-state index is -3.48. The molecular formula is C13H19N3O2S. The molecule has 19 heavy (non-hydrogen) atoms. The Kier molecular flexibility index (Phi) is 5.96. The summed E-state index contributed by atoms with van der Waals surface area (Å²) in [6.07, 6.45) is 0. The van der Waals surface area contributed by atoms with Gasteiger partial charge in [0.2, 0.25) is 10.0 Å². The van der Waals surface area contributed by atoms with Crippen LogP contribution in [0.3, 0.4) is 0 Å². The van der Waals surface area contributed by atoms with Gasteiger partial charge in [0.25, 0.3) is 0 Å². The van der Waals surface area contributed by atoms with E-state index in [1.165, 1.54) is 24.3 Å².